The number of benzene rings is 4. The van der Waals surface area contributed by atoms with E-state index in [9.17, 15) is 0 Å². The fourth-order valence-corrected chi connectivity index (χ4v) is 4.03. The van der Waals surface area contributed by atoms with E-state index in [1.54, 1.807) is 6.20 Å². The number of aryl methyl sites for hydroxylation is 1. The molecule has 39 heavy (non-hydrogen) atoms. The van der Waals surface area contributed by atoms with Gasteiger partial charge in [0.2, 0.25) is 0 Å². The molecule has 0 spiro atoms. The smallest absolute Gasteiger partial charge is 0.0748 e. The molecule has 0 aliphatic heterocycles. The summed E-state index contributed by atoms with van der Waals surface area (Å²) in [6, 6.07) is 45.2. The maximum atomic E-state index is 4.41. The molecule has 0 bridgehead atoms. The van der Waals surface area contributed by atoms with Crippen molar-refractivity contribution in [2.24, 2.45) is 0 Å². The van der Waals surface area contributed by atoms with Crippen molar-refractivity contribution in [1.29, 1.82) is 0 Å². The molecule has 2 heterocycles. The number of nitrogens with zero attached hydrogens (tertiary/aromatic N) is 3. The fourth-order valence-electron chi connectivity index (χ4n) is 4.03. The van der Waals surface area contributed by atoms with Crippen molar-refractivity contribution in [3.05, 3.63) is 152 Å². The minimum Gasteiger partial charge on any atom is -0.305 e. The normalized spacial score (nSPS) is 10.1. The van der Waals surface area contributed by atoms with Crippen molar-refractivity contribution in [2.45, 2.75) is 13.3 Å². The van der Waals surface area contributed by atoms with E-state index in [-0.39, 0.29) is 20.1 Å². The van der Waals surface area contributed by atoms with Gasteiger partial charge in [-0.3, -0.25) is 9.97 Å². The molecule has 3 nitrogen and oxygen atoms in total. The summed E-state index contributed by atoms with van der Waals surface area (Å²) in [7, 11) is 0. The zero-order valence-electron chi connectivity index (χ0n) is 21.6. The summed E-state index contributed by atoms with van der Waals surface area (Å²) in [5.74, 6) is 0.722. The van der Waals surface area contributed by atoms with Crippen LogP contribution in [0.25, 0.3) is 44.9 Å². The summed E-state index contributed by atoms with van der Waals surface area (Å²) in [6.07, 6.45) is 6.52. The molecular formula is C35H27IrN3-2. The van der Waals surface area contributed by atoms with Crippen LogP contribution in [0.1, 0.15) is 12.5 Å². The number of rotatable bonds is 5. The summed E-state index contributed by atoms with van der Waals surface area (Å²) >= 11 is 0. The minimum atomic E-state index is 0. The van der Waals surface area contributed by atoms with Crippen LogP contribution in [0.15, 0.2) is 134 Å². The zero-order valence-corrected chi connectivity index (χ0v) is 24.0. The van der Waals surface area contributed by atoms with Gasteiger partial charge in [0, 0.05) is 38.7 Å². The van der Waals surface area contributed by atoms with Crippen LogP contribution in [0.2, 0.25) is 0 Å². The van der Waals surface area contributed by atoms with Crippen molar-refractivity contribution in [3.63, 3.8) is 0 Å². The molecule has 0 atom stereocenters. The average Bonchev–Trinajstić information content (AvgIpc) is 3.03. The molecule has 0 N–H and O–H groups in total. The van der Waals surface area contributed by atoms with E-state index < -0.39 is 0 Å². The van der Waals surface area contributed by atoms with E-state index in [0.29, 0.717) is 0 Å². The SMILES string of the molecule is CCc1cnc(-c2[c-]ccc(-c3ccccc3)c2)nc1.[Ir].[c-]1ccc(-c2ccccc2)cc1-c1ccccn1. The third-order valence-electron chi connectivity index (χ3n) is 6.11. The molecule has 4 aromatic carbocycles. The zero-order chi connectivity index (χ0) is 26.0. The number of aromatic nitrogens is 3. The molecule has 6 rings (SSSR count). The van der Waals surface area contributed by atoms with E-state index in [4.69, 9.17) is 0 Å². The second-order valence-electron chi connectivity index (χ2n) is 8.70. The van der Waals surface area contributed by atoms with E-state index in [0.717, 1.165) is 40.2 Å². The molecule has 6 aromatic rings. The van der Waals surface area contributed by atoms with E-state index in [2.05, 4.69) is 82.5 Å². The van der Waals surface area contributed by atoms with Crippen LogP contribution in [0, 0.1) is 12.1 Å². The van der Waals surface area contributed by atoms with Crippen molar-refractivity contribution < 1.29 is 20.1 Å². The Morgan fingerprint density at radius 1 is 0.564 bits per heavy atom. The van der Waals surface area contributed by atoms with Crippen LogP contribution in [0.4, 0.5) is 0 Å². The first kappa shape index (κ1) is 27.8. The summed E-state index contributed by atoms with van der Waals surface area (Å²) in [6.45, 7) is 2.10. The predicted octanol–water partition coefficient (Wildman–Crippen LogP) is 8.39. The van der Waals surface area contributed by atoms with Gasteiger partial charge in [0.25, 0.3) is 0 Å². The van der Waals surface area contributed by atoms with Gasteiger partial charge in [-0.25, -0.2) is 0 Å². The summed E-state index contributed by atoms with van der Waals surface area (Å²) < 4.78 is 0. The van der Waals surface area contributed by atoms with Crippen LogP contribution in [-0.4, -0.2) is 15.0 Å². The molecule has 0 amide bonds. The molecule has 0 fully saturated rings. The molecule has 4 heteroatoms. The largest absolute Gasteiger partial charge is 0.305 e. The average molecular weight is 682 g/mol. The maximum absolute atomic E-state index is 4.41. The Kier molecular flexibility index (Phi) is 10.0. The van der Waals surface area contributed by atoms with Gasteiger partial charge >= 0.3 is 0 Å². The summed E-state index contributed by atoms with van der Waals surface area (Å²) in [5, 5.41) is 0. The van der Waals surface area contributed by atoms with Crippen LogP contribution in [0.3, 0.4) is 0 Å². The Balaban J connectivity index is 0.000000177. The van der Waals surface area contributed by atoms with Gasteiger partial charge in [-0.2, -0.15) is 0 Å². The molecule has 0 aliphatic carbocycles. The predicted molar refractivity (Wildman–Crippen MR) is 155 cm³/mol. The number of pyridine rings is 1. The minimum absolute atomic E-state index is 0. The quantitative estimate of drug-likeness (QED) is 0.172. The van der Waals surface area contributed by atoms with Gasteiger partial charge in [0.1, 0.15) is 0 Å². The molecule has 193 valence electrons. The van der Waals surface area contributed by atoms with E-state index in [1.807, 2.05) is 79.1 Å². The molecule has 0 aliphatic rings. The van der Waals surface area contributed by atoms with Gasteiger partial charge in [-0.15, -0.1) is 70.8 Å². The first-order valence-corrected chi connectivity index (χ1v) is 12.7. The monoisotopic (exact) mass is 682 g/mol. The Bertz CT molecular complexity index is 1520. The van der Waals surface area contributed by atoms with E-state index >= 15 is 0 Å². The van der Waals surface area contributed by atoms with Gasteiger partial charge in [-0.05, 0) is 34.9 Å². The third kappa shape index (κ3) is 7.42. The molecular weight excluding hydrogens is 655 g/mol. The second-order valence-corrected chi connectivity index (χ2v) is 8.70. The van der Waals surface area contributed by atoms with Crippen molar-refractivity contribution in [1.82, 2.24) is 15.0 Å². The topological polar surface area (TPSA) is 38.7 Å². The standard InChI is InChI=1S/C18H15N2.C17H12N.Ir/c1-2-14-12-19-18(20-13-14)17-10-6-9-16(11-17)15-7-4-3-5-8-15;1-2-7-14(8-3-1)15-9-6-10-16(13-15)17-11-4-5-12-18-17;/h3-9,11-13H,2H2,1H3;1-9,11-13H;/q2*-1;. The summed E-state index contributed by atoms with van der Waals surface area (Å²) in [4.78, 5) is 13.2. The fraction of sp³-hybridized carbons (Fsp3) is 0.0571. The Labute approximate surface area is 244 Å². The van der Waals surface area contributed by atoms with Gasteiger partial charge < -0.3 is 4.98 Å². The molecule has 0 saturated carbocycles. The molecule has 0 saturated heterocycles. The van der Waals surface area contributed by atoms with Crippen molar-refractivity contribution in [2.75, 3.05) is 0 Å². The second kappa shape index (κ2) is 14.1. The Hall–Kier alpha value is -4.24. The van der Waals surface area contributed by atoms with Gasteiger partial charge in [-0.1, -0.05) is 79.7 Å². The molecule has 0 unspecified atom stereocenters. The summed E-state index contributed by atoms with van der Waals surface area (Å²) in [5.41, 5.74) is 8.79. The van der Waals surface area contributed by atoms with E-state index in [1.165, 1.54) is 16.7 Å². The van der Waals surface area contributed by atoms with Crippen LogP contribution < -0.4 is 0 Å². The first-order chi connectivity index (χ1) is 18.8. The third-order valence-corrected chi connectivity index (χ3v) is 6.11. The maximum Gasteiger partial charge on any atom is 0.0748 e. The Morgan fingerprint density at radius 3 is 1.64 bits per heavy atom. The van der Waals surface area contributed by atoms with Gasteiger partial charge in [0.05, 0.1) is 5.82 Å². The van der Waals surface area contributed by atoms with Crippen molar-refractivity contribution in [3.8, 4) is 44.9 Å². The number of hydrogen-bond acceptors (Lipinski definition) is 3. The van der Waals surface area contributed by atoms with Crippen LogP contribution >= 0.6 is 0 Å². The van der Waals surface area contributed by atoms with Crippen molar-refractivity contribution >= 4 is 0 Å². The van der Waals surface area contributed by atoms with Gasteiger partial charge in [0.15, 0.2) is 0 Å². The first-order valence-electron chi connectivity index (χ1n) is 12.7. The number of hydrogen-bond donors (Lipinski definition) is 0. The van der Waals surface area contributed by atoms with Crippen LogP contribution in [0.5, 0.6) is 0 Å². The molecule has 1 radical (unpaired) electrons. The van der Waals surface area contributed by atoms with Crippen LogP contribution in [-0.2, 0) is 26.5 Å². The molecule has 2 aromatic heterocycles. The Morgan fingerprint density at radius 2 is 1.10 bits per heavy atom.